The van der Waals surface area contributed by atoms with Crippen LogP contribution in [0.3, 0.4) is 0 Å². The molecule has 4 aliphatic heterocycles. The molecule has 0 aliphatic carbocycles. The summed E-state index contributed by atoms with van der Waals surface area (Å²) in [5.41, 5.74) is 5.97. The molecule has 0 saturated carbocycles. The number of carbonyl (C=O) groups excluding carboxylic acids is 3. The Balaban J connectivity index is 1.44. The van der Waals surface area contributed by atoms with Crippen molar-refractivity contribution in [2.75, 3.05) is 27.2 Å². The number of ketones is 1. The average Bonchev–Trinajstić information content (AvgIpc) is 3.46. The van der Waals surface area contributed by atoms with Gasteiger partial charge in [-0.2, -0.15) is 0 Å². The smallest absolute Gasteiger partial charge is 0.353 e. The van der Waals surface area contributed by atoms with Crippen LogP contribution < -0.4 is 16.4 Å². The van der Waals surface area contributed by atoms with E-state index in [2.05, 4.69) is 10.6 Å². The molecule has 1 unspecified atom stereocenters. The van der Waals surface area contributed by atoms with Crippen LogP contribution in [0.15, 0.2) is 10.6 Å². The Bertz CT molecular complexity index is 923. The van der Waals surface area contributed by atoms with E-state index in [1.165, 1.54) is 16.7 Å². The molecule has 0 aromatic heterocycles. The van der Waals surface area contributed by atoms with Crippen molar-refractivity contribution in [3.63, 3.8) is 0 Å². The second kappa shape index (κ2) is 9.60. The Hall–Kier alpha value is -1.95. The molecule has 2 amide bonds. The van der Waals surface area contributed by atoms with Crippen LogP contribution in [-0.2, 0) is 19.2 Å². The number of aliphatic carboxylic acids is 1. The molecule has 0 bridgehead atoms. The van der Waals surface area contributed by atoms with Crippen molar-refractivity contribution in [3.8, 4) is 0 Å². The zero-order valence-electron chi connectivity index (χ0n) is 20.1. The molecule has 34 heavy (non-hydrogen) atoms. The van der Waals surface area contributed by atoms with Gasteiger partial charge in [-0.3, -0.25) is 14.4 Å². The Morgan fingerprint density at radius 3 is 2.47 bits per heavy atom. The first kappa shape index (κ1) is 25.2. The molecule has 3 fully saturated rings. The molecule has 0 spiro atoms. The molecule has 4 rings (SSSR count). The number of Topliss-reactive ketones (excluding diaryl/α,β-unsaturated/α-hetero) is 1. The van der Waals surface area contributed by atoms with Gasteiger partial charge in [0.15, 0.2) is 0 Å². The molecule has 5 N–H and O–H groups in total. The highest BCUT2D eigenvalue weighted by molar-refractivity contribution is 8.03. The molecular formula is C23H35N5O5S. The maximum absolute atomic E-state index is 13.1. The molecule has 4 heterocycles. The third-order valence-corrected chi connectivity index (χ3v) is 9.12. The number of thioether (sulfide) groups is 1. The van der Waals surface area contributed by atoms with E-state index in [0.717, 1.165) is 0 Å². The van der Waals surface area contributed by atoms with Gasteiger partial charge in [0.2, 0.25) is 11.8 Å². The molecule has 0 aromatic carbocycles. The highest BCUT2D eigenvalue weighted by atomic mass is 32.2. The first-order valence-electron chi connectivity index (χ1n) is 11.9. The van der Waals surface area contributed by atoms with E-state index in [1.807, 2.05) is 13.8 Å². The minimum atomic E-state index is -1.11. The Morgan fingerprint density at radius 2 is 1.88 bits per heavy atom. The van der Waals surface area contributed by atoms with Gasteiger partial charge < -0.3 is 31.3 Å². The van der Waals surface area contributed by atoms with Crippen LogP contribution >= 0.6 is 11.8 Å². The number of carboxylic acids is 1. The van der Waals surface area contributed by atoms with E-state index in [4.69, 9.17) is 5.73 Å². The maximum atomic E-state index is 13.1. The lowest BCUT2D eigenvalue weighted by Gasteiger charge is -2.47. The van der Waals surface area contributed by atoms with Crippen molar-refractivity contribution in [1.82, 2.24) is 20.4 Å². The molecule has 3 saturated heterocycles. The summed E-state index contributed by atoms with van der Waals surface area (Å²) >= 11 is 1.47. The number of nitrogens with one attached hydrogen (secondary N) is 2. The number of carbonyl (C=O) groups is 4. The molecule has 8 atom stereocenters. The van der Waals surface area contributed by atoms with Crippen LogP contribution in [0.1, 0.15) is 33.1 Å². The topological polar surface area (TPSA) is 145 Å². The van der Waals surface area contributed by atoms with Crippen molar-refractivity contribution >= 4 is 35.3 Å². The lowest BCUT2D eigenvalue weighted by molar-refractivity contribution is -0.160. The monoisotopic (exact) mass is 493 g/mol. The van der Waals surface area contributed by atoms with Crippen molar-refractivity contribution in [2.45, 2.75) is 62.5 Å². The summed E-state index contributed by atoms with van der Waals surface area (Å²) in [7, 11) is 3.43. The van der Waals surface area contributed by atoms with Gasteiger partial charge in [-0.1, -0.05) is 13.8 Å². The fourth-order valence-corrected chi connectivity index (χ4v) is 7.31. The zero-order chi connectivity index (χ0) is 24.9. The van der Waals surface area contributed by atoms with Gasteiger partial charge in [0, 0.05) is 55.7 Å². The van der Waals surface area contributed by atoms with E-state index in [1.54, 1.807) is 19.0 Å². The molecule has 11 heteroatoms. The summed E-state index contributed by atoms with van der Waals surface area (Å²) in [5, 5.41) is 16.4. The lowest BCUT2D eigenvalue weighted by atomic mass is 9.73. The molecule has 4 aliphatic rings. The first-order valence-corrected chi connectivity index (χ1v) is 12.8. The molecule has 0 radical (unpaired) electrons. The molecular weight excluding hydrogens is 458 g/mol. The maximum Gasteiger partial charge on any atom is 0.353 e. The highest BCUT2D eigenvalue weighted by Gasteiger charge is 2.60. The summed E-state index contributed by atoms with van der Waals surface area (Å²) in [6.07, 6.45) is 1.48. The van der Waals surface area contributed by atoms with E-state index in [0.29, 0.717) is 30.8 Å². The number of amides is 2. The summed E-state index contributed by atoms with van der Waals surface area (Å²) < 4.78 is 0. The third kappa shape index (κ3) is 4.38. The molecule has 188 valence electrons. The number of nitrogens with two attached hydrogens (primary N) is 1. The number of β-lactam (4-membered cyclic amide) rings is 1. The largest absolute Gasteiger partial charge is 0.477 e. The van der Waals surface area contributed by atoms with Gasteiger partial charge in [0.25, 0.3) is 0 Å². The Labute approximate surface area is 204 Å². The number of rotatable bonds is 8. The minimum absolute atomic E-state index is 0.00488. The van der Waals surface area contributed by atoms with Crippen LogP contribution in [-0.4, -0.2) is 95.1 Å². The second-order valence-corrected chi connectivity index (χ2v) is 11.6. The van der Waals surface area contributed by atoms with Crippen LogP contribution in [0.25, 0.3) is 0 Å². The lowest BCUT2D eigenvalue weighted by Crippen LogP contribution is -2.62. The van der Waals surface area contributed by atoms with Crippen LogP contribution in [0, 0.1) is 17.8 Å². The first-order chi connectivity index (χ1) is 16.0. The number of likely N-dealkylation sites (N-methyl/N-ethyl adjacent to an activating group) is 1. The quantitative estimate of drug-likeness (QED) is 0.332. The predicted octanol–water partition coefficient (Wildman–Crippen LogP) is -0.404. The van der Waals surface area contributed by atoms with E-state index >= 15 is 0 Å². The Morgan fingerprint density at radius 1 is 1.21 bits per heavy atom. The summed E-state index contributed by atoms with van der Waals surface area (Å²) in [6, 6.07) is -0.833. The van der Waals surface area contributed by atoms with E-state index in [9.17, 15) is 24.3 Å². The van der Waals surface area contributed by atoms with Crippen LogP contribution in [0.2, 0.25) is 0 Å². The second-order valence-electron chi connectivity index (χ2n) is 10.3. The SMILES string of the molecule is C[C@@H](CC(=O)[C@@H]1C[C@H](N)CN1)[C@H]1C(=O)N2C(C(=O)O)=C(SC3CN[C@H](C(=O)N(C)C)C3)[C@H](C)[C@H]12. The van der Waals surface area contributed by atoms with Crippen molar-refractivity contribution < 1.29 is 24.3 Å². The highest BCUT2D eigenvalue weighted by Crippen LogP contribution is 2.53. The number of hydrogen-bond donors (Lipinski definition) is 4. The van der Waals surface area contributed by atoms with Gasteiger partial charge in [0.1, 0.15) is 11.5 Å². The van der Waals surface area contributed by atoms with Gasteiger partial charge >= 0.3 is 5.97 Å². The number of hydrogen-bond acceptors (Lipinski definition) is 8. The minimum Gasteiger partial charge on any atom is -0.477 e. The summed E-state index contributed by atoms with van der Waals surface area (Å²) in [6.45, 7) is 5.08. The summed E-state index contributed by atoms with van der Waals surface area (Å²) in [5.74, 6) is -1.96. The van der Waals surface area contributed by atoms with Crippen molar-refractivity contribution in [3.05, 3.63) is 10.6 Å². The molecule has 10 nitrogen and oxygen atoms in total. The fraction of sp³-hybridized carbons (Fsp3) is 0.739. The fourth-order valence-electron chi connectivity index (χ4n) is 5.83. The van der Waals surface area contributed by atoms with Gasteiger partial charge in [-0.15, -0.1) is 11.8 Å². The number of carboxylic acid groups (broad SMARTS) is 1. The van der Waals surface area contributed by atoms with E-state index in [-0.39, 0.29) is 76.9 Å². The number of nitrogens with zero attached hydrogens (tertiary/aromatic N) is 2. The third-order valence-electron chi connectivity index (χ3n) is 7.60. The zero-order valence-corrected chi connectivity index (χ0v) is 20.9. The summed E-state index contributed by atoms with van der Waals surface area (Å²) in [4.78, 5) is 54.0. The van der Waals surface area contributed by atoms with Gasteiger partial charge in [0.05, 0.1) is 24.0 Å². The molecule has 0 aromatic rings. The van der Waals surface area contributed by atoms with Crippen molar-refractivity contribution in [2.24, 2.45) is 23.5 Å². The van der Waals surface area contributed by atoms with Gasteiger partial charge in [-0.25, -0.2) is 4.79 Å². The van der Waals surface area contributed by atoms with Crippen molar-refractivity contribution in [1.29, 1.82) is 0 Å². The normalized spacial score (nSPS) is 35.9. The van der Waals surface area contributed by atoms with Gasteiger partial charge in [-0.05, 0) is 18.8 Å². The van der Waals surface area contributed by atoms with E-state index < -0.39 is 5.97 Å². The van der Waals surface area contributed by atoms with Crippen LogP contribution in [0.5, 0.6) is 0 Å². The number of fused-ring (bicyclic) bond motifs is 1. The average molecular weight is 494 g/mol. The predicted molar refractivity (Wildman–Crippen MR) is 128 cm³/mol. The standard InChI is InChI=1S/C23H35N5O5S/c1-10(5-16(29)14-6-12(24)8-25-14)17-18-11(2)20(19(23(32)33)28(18)22(17)31)34-13-7-15(26-9-13)21(30)27(3)4/h10-15,17-18,25-26H,5-9,24H2,1-4H3,(H,32,33)/t10-,11+,12-,13?,14-,15-,17+,18+/m0/s1. The van der Waals surface area contributed by atoms with Crippen LogP contribution in [0.4, 0.5) is 0 Å². The Kier molecular flexibility index (Phi) is 7.10.